The molecule has 1 atom stereocenters. The highest BCUT2D eigenvalue weighted by Crippen LogP contribution is 2.36. The van der Waals surface area contributed by atoms with Gasteiger partial charge in [-0.25, -0.2) is 4.98 Å². The fraction of sp³-hybridized carbons (Fsp3) is 0.667. The van der Waals surface area contributed by atoms with Gasteiger partial charge in [-0.05, 0) is 58.2 Å². The number of nitrogens with zero attached hydrogens (tertiary/aromatic N) is 2. The third-order valence-corrected chi connectivity index (χ3v) is 4.06. The van der Waals surface area contributed by atoms with Crippen LogP contribution in [-0.4, -0.2) is 25.1 Å². The Bertz CT molecular complexity index is 424. The van der Waals surface area contributed by atoms with E-state index < -0.39 is 0 Å². The topological polar surface area (TPSA) is 28.2 Å². The molecule has 1 saturated carbocycles. The lowest BCUT2D eigenvalue weighted by molar-refractivity contribution is 0.599. The summed E-state index contributed by atoms with van der Waals surface area (Å²) in [5.41, 5.74) is 3.77. The second kappa shape index (κ2) is 5.27. The number of aromatic nitrogens is 1. The van der Waals surface area contributed by atoms with Crippen molar-refractivity contribution >= 4 is 5.82 Å². The van der Waals surface area contributed by atoms with Crippen molar-refractivity contribution in [2.24, 2.45) is 5.92 Å². The van der Waals surface area contributed by atoms with Crippen molar-refractivity contribution in [1.29, 1.82) is 0 Å². The van der Waals surface area contributed by atoms with E-state index in [1.165, 1.54) is 24.0 Å². The molecular formula is C15H25N3. The first-order valence-electron chi connectivity index (χ1n) is 6.89. The van der Waals surface area contributed by atoms with Crippen LogP contribution in [0.2, 0.25) is 0 Å². The van der Waals surface area contributed by atoms with Crippen LogP contribution in [0.1, 0.15) is 36.6 Å². The summed E-state index contributed by atoms with van der Waals surface area (Å²) in [7, 11) is 4.18. The van der Waals surface area contributed by atoms with Gasteiger partial charge in [-0.3, -0.25) is 0 Å². The number of hydrogen-bond acceptors (Lipinski definition) is 3. The summed E-state index contributed by atoms with van der Waals surface area (Å²) in [4.78, 5) is 7.14. The number of pyridine rings is 1. The number of aryl methyl sites for hydroxylation is 2. The SMILES string of the molecule is CNCc1c(C)cc(C)nc1N(C)C(C)C1CC1. The predicted molar refractivity (Wildman–Crippen MR) is 77.1 cm³/mol. The molecule has 100 valence electrons. The second-order valence-electron chi connectivity index (χ2n) is 5.60. The smallest absolute Gasteiger partial charge is 0.133 e. The predicted octanol–water partition coefficient (Wildman–Crippen LogP) is 2.65. The van der Waals surface area contributed by atoms with Crippen molar-refractivity contribution in [3.63, 3.8) is 0 Å². The largest absolute Gasteiger partial charge is 0.356 e. The standard InChI is InChI=1S/C15H25N3/c1-10-8-11(2)17-15(14(10)9-16-4)18(5)12(3)13-6-7-13/h8,12-13,16H,6-7,9H2,1-5H3. The molecule has 1 heterocycles. The highest BCUT2D eigenvalue weighted by atomic mass is 15.2. The molecule has 1 aliphatic rings. The summed E-state index contributed by atoms with van der Waals surface area (Å²) in [5.74, 6) is 2.02. The molecular weight excluding hydrogens is 222 g/mol. The van der Waals surface area contributed by atoms with Crippen LogP contribution in [0.3, 0.4) is 0 Å². The molecule has 0 aliphatic heterocycles. The third kappa shape index (κ3) is 2.66. The molecule has 0 bridgehead atoms. The molecule has 0 saturated heterocycles. The van der Waals surface area contributed by atoms with E-state index in [-0.39, 0.29) is 0 Å². The summed E-state index contributed by atoms with van der Waals surface area (Å²) in [6, 6.07) is 2.76. The Labute approximate surface area is 111 Å². The lowest BCUT2D eigenvalue weighted by Gasteiger charge is -2.29. The van der Waals surface area contributed by atoms with Gasteiger partial charge >= 0.3 is 0 Å². The number of nitrogens with one attached hydrogen (secondary N) is 1. The Balaban J connectivity index is 2.34. The molecule has 3 heteroatoms. The van der Waals surface area contributed by atoms with E-state index in [0.29, 0.717) is 6.04 Å². The molecule has 18 heavy (non-hydrogen) atoms. The van der Waals surface area contributed by atoms with Crippen molar-refractivity contribution in [3.8, 4) is 0 Å². The van der Waals surface area contributed by atoms with E-state index in [2.05, 4.69) is 44.1 Å². The average molecular weight is 247 g/mol. The quantitative estimate of drug-likeness (QED) is 0.867. The fourth-order valence-electron chi connectivity index (χ4n) is 2.62. The van der Waals surface area contributed by atoms with Crippen LogP contribution in [0, 0.1) is 19.8 Å². The highest BCUT2D eigenvalue weighted by Gasteiger charge is 2.31. The van der Waals surface area contributed by atoms with E-state index in [0.717, 1.165) is 24.0 Å². The van der Waals surface area contributed by atoms with E-state index >= 15 is 0 Å². The highest BCUT2D eigenvalue weighted by molar-refractivity contribution is 5.52. The molecule has 1 unspecified atom stereocenters. The van der Waals surface area contributed by atoms with Gasteiger partial charge in [0, 0.05) is 30.9 Å². The van der Waals surface area contributed by atoms with E-state index in [1.807, 2.05) is 7.05 Å². The Morgan fingerprint density at radius 2 is 2.11 bits per heavy atom. The molecule has 1 fully saturated rings. The zero-order valence-corrected chi connectivity index (χ0v) is 12.2. The molecule has 1 aromatic heterocycles. The van der Waals surface area contributed by atoms with Gasteiger partial charge in [-0.2, -0.15) is 0 Å². The minimum Gasteiger partial charge on any atom is -0.356 e. The van der Waals surface area contributed by atoms with Crippen LogP contribution in [0.15, 0.2) is 6.07 Å². The van der Waals surface area contributed by atoms with Crippen LogP contribution in [-0.2, 0) is 6.54 Å². The molecule has 1 N–H and O–H groups in total. The van der Waals surface area contributed by atoms with Gasteiger partial charge < -0.3 is 10.2 Å². The van der Waals surface area contributed by atoms with Crippen LogP contribution in [0.4, 0.5) is 5.82 Å². The maximum absolute atomic E-state index is 4.77. The zero-order chi connectivity index (χ0) is 13.3. The Kier molecular flexibility index (Phi) is 3.91. The minimum absolute atomic E-state index is 0.592. The fourth-order valence-corrected chi connectivity index (χ4v) is 2.62. The van der Waals surface area contributed by atoms with Crippen LogP contribution in [0.5, 0.6) is 0 Å². The van der Waals surface area contributed by atoms with Gasteiger partial charge in [0.05, 0.1) is 0 Å². The zero-order valence-electron chi connectivity index (χ0n) is 12.2. The van der Waals surface area contributed by atoms with Crippen LogP contribution in [0.25, 0.3) is 0 Å². The molecule has 3 nitrogen and oxygen atoms in total. The van der Waals surface area contributed by atoms with Crippen molar-refractivity contribution in [3.05, 3.63) is 22.9 Å². The molecule has 0 radical (unpaired) electrons. The first kappa shape index (κ1) is 13.3. The van der Waals surface area contributed by atoms with Crippen LogP contribution < -0.4 is 10.2 Å². The summed E-state index contributed by atoms with van der Waals surface area (Å²) in [6.07, 6.45) is 2.75. The van der Waals surface area contributed by atoms with Gasteiger partial charge in [0.2, 0.25) is 0 Å². The molecule has 0 spiro atoms. The summed E-state index contributed by atoms with van der Waals surface area (Å²) in [5, 5.41) is 3.26. The van der Waals surface area contributed by atoms with Gasteiger partial charge in [-0.15, -0.1) is 0 Å². The van der Waals surface area contributed by atoms with E-state index in [4.69, 9.17) is 4.98 Å². The van der Waals surface area contributed by atoms with Crippen LogP contribution >= 0.6 is 0 Å². The third-order valence-electron chi connectivity index (χ3n) is 4.06. The molecule has 1 aliphatic carbocycles. The van der Waals surface area contributed by atoms with E-state index in [9.17, 15) is 0 Å². The second-order valence-corrected chi connectivity index (χ2v) is 5.60. The maximum Gasteiger partial charge on any atom is 0.133 e. The van der Waals surface area contributed by atoms with Crippen molar-refractivity contribution < 1.29 is 0 Å². The Morgan fingerprint density at radius 1 is 1.44 bits per heavy atom. The molecule has 0 amide bonds. The first-order chi connectivity index (χ1) is 8.54. The summed E-state index contributed by atoms with van der Waals surface area (Å²) in [6.45, 7) is 7.46. The lowest BCUT2D eigenvalue weighted by atomic mass is 10.1. The van der Waals surface area contributed by atoms with Crippen molar-refractivity contribution in [2.75, 3.05) is 19.0 Å². The Hall–Kier alpha value is -1.09. The average Bonchev–Trinajstić information content (AvgIpc) is 3.14. The minimum atomic E-state index is 0.592. The maximum atomic E-state index is 4.77. The van der Waals surface area contributed by atoms with E-state index in [1.54, 1.807) is 0 Å². The van der Waals surface area contributed by atoms with Gasteiger partial charge in [0.25, 0.3) is 0 Å². The van der Waals surface area contributed by atoms with Crippen molar-refractivity contribution in [2.45, 2.75) is 46.2 Å². The summed E-state index contributed by atoms with van der Waals surface area (Å²) >= 11 is 0. The van der Waals surface area contributed by atoms with Crippen molar-refractivity contribution in [1.82, 2.24) is 10.3 Å². The number of anilines is 1. The molecule has 1 aromatic rings. The first-order valence-corrected chi connectivity index (χ1v) is 6.89. The number of hydrogen-bond donors (Lipinski definition) is 1. The van der Waals surface area contributed by atoms with Gasteiger partial charge in [0.15, 0.2) is 0 Å². The molecule has 2 rings (SSSR count). The number of rotatable bonds is 5. The monoisotopic (exact) mass is 247 g/mol. The normalized spacial score (nSPS) is 16.7. The Morgan fingerprint density at radius 3 is 2.67 bits per heavy atom. The lowest BCUT2D eigenvalue weighted by Crippen LogP contribution is -2.33. The molecule has 0 aromatic carbocycles. The van der Waals surface area contributed by atoms with Gasteiger partial charge in [-0.1, -0.05) is 0 Å². The van der Waals surface area contributed by atoms with Gasteiger partial charge in [0.1, 0.15) is 5.82 Å². The summed E-state index contributed by atoms with van der Waals surface area (Å²) < 4.78 is 0.